The van der Waals surface area contributed by atoms with Crippen molar-refractivity contribution >= 4 is 11.6 Å². The van der Waals surface area contributed by atoms with Crippen LogP contribution in [0.3, 0.4) is 0 Å². The summed E-state index contributed by atoms with van der Waals surface area (Å²) in [4.78, 5) is 12.8. The number of anilines is 1. The number of benzene rings is 1. The Hall–Kier alpha value is -1.42. The van der Waals surface area contributed by atoms with E-state index in [0.717, 1.165) is 5.56 Å². The van der Waals surface area contributed by atoms with Gasteiger partial charge in [0, 0.05) is 6.54 Å². The first-order valence-corrected chi connectivity index (χ1v) is 4.52. The first kappa shape index (κ1) is 9.15. The smallest absolute Gasteiger partial charge is 0.240 e. The Morgan fingerprint density at radius 3 is 3.07 bits per heavy atom. The molecule has 0 fully saturated rings. The van der Waals surface area contributed by atoms with Crippen molar-refractivity contribution < 1.29 is 9.18 Å². The molecular weight excluding hydrogens is 183 g/mol. The molecule has 1 aromatic carbocycles. The lowest BCUT2D eigenvalue weighted by Gasteiger charge is -2.16. The second-order valence-corrected chi connectivity index (χ2v) is 3.25. The molecule has 0 saturated carbocycles. The number of hydrogen-bond donors (Lipinski definition) is 1. The van der Waals surface area contributed by atoms with E-state index >= 15 is 0 Å². The van der Waals surface area contributed by atoms with Crippen LogP contribution >= 0.6 is 0 Å². The average Bonchev–Trinajstić information content (AvgIpc) is 2.62. The number of hydrogen-bond acceptors (Lipinski definition) is 2. The van der Waals surface area contributed by atoms with Gasteiger partial charge < -0.3 is 10.6 Å². The highest BCUT2D eigenvalue weighted by Gasteiger charge is 2.26. The van der Waals surface area contributed by atoms with Gasteiger partial charge in [0.05, 0.1) is 12.2 Å². The van der Waals surface area contributed by atoms with Crippen LogP contribution in [0.15, 0.2) is 18.2 Å². The third-order valence-corrected chi connectivity index (χ3v) is 2.42. The summed E-state index contributed by atoms with van der Waals surface area (Å²) in [6.45, 7) is 0.458. The first-order valence-electron chi connectivity index (χ1n) is 4.52. The van der Waals surface area contributed by atoms with Gasteiger partial charge in [-0.3, -0.25) is 4.79 Å². The minimum Gasteiger partial charge on any atom is -0.322 e. The first-order chi connectivity index (χ1) is 6.74. The molecule has 0 radical (unpaired) electrons. The maximum Gasteiger partial charge on any atom is 0.240 e. The van der Waals surface area contributed by atoms with E-state index in [1.165, 1.54) is 11.0 Å². The van der Waals surface area contributed by atoms with Gasteiger partial charge in [0.15, 0.2) is 0 Å². The predicted molar refractivity (Wildman–Crippen MR) is 51.5 cm³/mol. The molecule has 1 amide bonds. The molecule has 4 heteroatoms. The fraction of sp³-hybridized carbons (Fsp3) is 0.300. The molecule has 2 N–H and O–H groups in total. The van der Waals surface area contributed by atoms with Gasteiger partial charge in [0.2, 0.25) is 5.91 Å². The summed E-state index contributed by atoms with van der Waals surface area (Å²) in [7, 11) is 0. The monoisotopic (exact) mass is 194 g/mol. The van der Waals surface area contributed by atoms with Crippen LogP contribution in [0.25, 0.3) is 0 Å². The molecule has 0 atom stereocenters. The van der Waals surface area contributed by atoms with Crippen molar-refractivity contribution in [2.24, 2.45) is 5.73 Å². The molecule has 74 valence electrons. The minimum atomic E-state index is -0.346. The molecule has 0 aromatic heterocycles. The standard InChI is InChI=1S/C10H11FN2O/c11-8-3-1-2-7-4-5-13(10(7)8)9(14)6-12/h1-3H,4-6,12H2. The summed E-state index contributed by atoms with van der Waals surface area (Å²) in [6, 6.07) is 4.85. The summed E-state index contributed by atoms with van der Waals surface area (Å²) < 4.78 is 13.4. The molecule has 0 aliphatic carbocycles. The maximum atomic E-state index is 13.4. The van der Waals surface area contributed by atoms with E-state index in [2.05, 4.69) is 0 Å². The van der Waals surface area contributed by atoms with Crippen LogP contribution < -0.4 is 10.6 Å². The Kier molecular flexibility index (Phi) is 2.21. The third-order valence-electron chi connectivity index (χ3n) is 2.42. The minimum absolute atomic E-state index is 0.0756. The van der Waals surface area contributed by atoms with Crippen molar-refractivity contribution in [2.75, 3.05) is 18.0 Å². The van der Waals surface area contributed by atoms with Crippen LogP contribution in [0.1, 0.15) is 5.56 Å². The highest BCUT2D eigenvalue weighted by atomic mass is 19.1. The largest absolute Gasteiger partial charge is 0.322 e. The quantitative estimate of drug-likeness (QED) is 0.714. The van der Waals surface area contributed by atoms with Crippen LogP contribution in [-0.4, -0.2) is 19.0 Å². The summed E-state index contributed by atoms with van der Waals surface area (Å²) in [5.41, 5.74) is 6.53. The van der Waals surface area contributed by atoms with Crippen LogP contribution in [0, 0.1) is 5.82 Å². The van der Waals surface area contributed by atoms with E-state index in [1.54, 1.807) is 6.07 Å². The molecule has 0 bridgehead atoms. The molecule has 1 aliphatic rings. The lowest BCUT2D eigenvalue weighted by atomic mass is 10.1. The average molecular weight is 194 g/mol. The van der Waals surface area contributed by atoms with Crippen molar-refractivity contribution in [3.05, 3.63) is 29.6 Å². The number of nitrogens with two attached hydrogens (primary N) is 1. The summed E-state index contributed by atoms with van der Waals surface area (Å²) in [5.74, 6) is -0.573. The number of para-hydroxylation sites is 1. The lowest BCUT2D eigenvalue weighted by Crippen LogP contribution is -2.34. The highest BCUT2D eigenvalue weighted by Crippen LogP contribution is 2.30. The fourth-order valence-electron chi connectivity index (χ4n) is 1.77. The summed E-state index contributed by atoms with van der Waals surface area (Å²) in [5, 5.41) is 0. The van der Waals surface area contributed by atoms with Crippen LogP contribution in [0.5, 0.6) is 0 Å². The fourth-order valence-corrected chi connectivity index (χ4v) is 1.77. The van der Waals surface area contributed by atoms with Crippen LogP contribution in [0.2, 0.25) is 0 Å². The Balaban J connectivity index is 2.43. The molecule has 0 unspecified atom stereocenters. The summed E-state index contributed by atoms with van der Waals surface area (Å²) >= 11 is 0. The van der Waals surface area contributed by atoms with Gasteiger partial charge in [-0.15, -0.1) is 0 Å². The molecule has 1 aromatic rings. The maximum absolute atomic E-state index is 13.4. The third kappa shape index (κ3) is 1.28. The zero-order valence-corrected chi connectivity index (χ0v) is 7.66. The molecule has 1 aliphatic heterocycles. The van der Waals surface area contributed by atoms with Crippen molar-refractivity contribution in [1.82, 2.24) is 0 Å². The summed E-state index contributed by atoms with van der Waals surface area (Å²) in [6.07, 6.45) is 0.707. The second-order valence-electron chi connectivity index (χ2n) is 3.25. The molecule has 14 heavy (non-hydrogen) atoms. The molecule has 0 spiro atoms. The number of rotatable bonds is 1. The molecule has 1 heterocycles. The number of amides is 1. The van der Waals surface area contributed by atoms with Gasteiger partial charge in [-0.1, -0.05) is 12.1 Å². The number of nitrogens with zero attached hydrogens (tertiary/aromatic N) is 1. The zero-order valence-electron chi connectivity index (χ0n) is 7.66. The van der Waals surface area contributed by atoms with E-state index in [4.69, 9.17) is 5.73 Å². The van der Waals surface area contributed by atoms with Gasteiger partial charge >= 0.3 is 0 Å². The number of carbonyl (C=O) groups is 1. The number of fused-ring (bicyclic) bond motifs is 1. The van der Waals surface area contributed by atoms with Crippen molar-refractivity contribution in [3.63, 3.8) is 0 Å². The van der Waals surface area contributed by atoms with E-state index in [0.29, 0.717) is 18.7 Å². The van der Waals surface area contributed by atoms with E-state index in [-0.39, 0.29) is 18.3 Å². The van der Waals surface area contributed by atoms with Gasteiger partial charge in [-0.05, 0) is 18.1 Å². The van der Waals surface area contributed by atoms with E-state index in [1.807, 2.05) is 6.07 Å². The van der Waals surface area contributed by atoms with Crippen LogP contribution in [-0.2, 0) is 11.2 Å². The Bertz CT molecular complexity index is 378. The predicted octanol–water partition coefficient (Wildman–Crippen LogP) is 0.673. The Labute approximate surface area is 81.3 Å². The topological polar surface area (TPSA) is 46.3 Å². The van der Waals surface area contributed by atoms with Gasteiger partial charge in [-0.2, -0.15) is 0 Å². The number of carbonyl (C=O) groups excluding carboxylic acids is 1. The van der Waals surface area contributed by atoms with Crippen molar-refractivity contribution in [1.29, 1.82) is 0 Å². The molecule has 3 nitrogen and oxygen atoms in total. The van der Waals surface area contributed by atoms with Gasteiger partial charge in [-0.25, -0.2) is 4.39 Å². The Morgan fingerprint density at radius 2 is 2.36 bits per heavy atom. The van der Waals surface area contributed by atoms with Gasteiger partial charge in [0.1, 0.15) is 5.82 Å². The second kappa shape index (κ2) is 3.38. The van der Waals surface area contributed by atoms with Crippen molar-refractivity contribution in [2.45, 2.75) is 6.42 Å². The lowest BCUT2D eigenvalue weighted by molar-refractivity contribution is -0.117. The normalized spacial score (nSPS) is 14.3. The molecular formula is C10H11FN2O. The van der Waals surface area contributed by atoms with Crippen molar-refractivity contribution in [3.8, 4) is 0 Å². The van der Waals surface area contributed by atoms with E-state index < -0.39 is 0 Å². The number of halogens is 1. The van der Waals surface area contributed by atoms with Gasteiger partial charge in [0.25, 0.3) is 0 Å². The highest BCUT2D eigenvalue weighted by molar-refractivity contribution is 5.96. The SMILES string of the molecule is NCC(=O)N1CCc2cccc(F)c21. The zero-order chi connectivity index (χ0) is 10.1. The molecule has 2 rings (SSSR count). The van der Waals surface area contributed by atoms with E-state index in [9.17, 15) is 9.18 Å². The molecule has 0 saturated heterocycles. The van der Waals surface area contributed by atoms with Crippen LogP contribution in [0.4, 0.5) is 10.1 Å². The Morgan fingerprint density at radius 1 is 1.57 bits per heavy atom.